The molecular formula is C20H22N2O2S. The third kappa shape index (κ3) is 3.04. The first-order chi connectivity index (χ1) is 12.2. The van der Waals surface area contributed by atoms with Crippen LogP contribution in [-0.4, -0.2) is 52.1 Å². The molecule has 1 saturated carbocycles. The number of likely N-dealkylation sites (tertiary alicyclic amines) is 1. The largest absolute Gasteiger partial charge is 0.377 e. The van der Waals surface area contributed by atoms with Crippen LogP contribution in [0.5, 0.6) is 0 Å². The molecule has 25 heavy (non-hydrogen) atoms. The van der Waals surface area contributed by atoms with E-state index in [2.05, 4.69) is 4.98 Å². The summed E-state index contributed by atoms with van der Waals surface area (Å²) in [6.45, 7) is 2.59. The molecule has 2 saturated heterocycles. The predicted molar refractivity (Wildman–Crippen MR) is 99.9 cm³/mol. The maximum absolute atomic E-state index is 12.7. The minimum Gasteiger partial charge on any atom is -0.377 e. The summed E-state index contributed by atoms with van der Waals surface area (Å²) in [6, 6.07) is 11.8. The van der Waals surface area contributed by atoms with Gasteiger partial charge in [0.1, 0.15) is 5.69 Å². The molecule has 2 aliphatic heterocycles. The van der Waals surface area contributed by atoms with E-state index in [-0.39, 0.29) is 10.7 Å². The number of thioether (sulfide) groups is 1. The number of pyridine rings is 1. The Morgan fingerprint density at radius 1 is 1.24 bits per heavy atom. The van der Waals surface area contributed by atoms with Crippen molar-refractivity contribution in [1.29, 1.82) is 0 Å². The van der Waals surface area contributed by atoms with E-state index in [0.717, 1.165) is 48.7 Å². The Morgan fingerprint density at radius 3 is 2.92 bits per heavy atom. The molecule has 0 N–H and O–H groups in total. The number of ether oxygens (including phenoxy) is 1. The summed E-state index contributed by atoms with van der Waals surface area (Å²) in [5.41, 5.74) is 1.44. The minimum atomic E-state index is 0.0549. The van der Waals surface area contributed by atoms with Gasteiger partial charge in [-0.3, -0.25) is 4.79 Å². The lowest BCUT2D eigenvalue weighted by Gasteiger charge is -2.47. The molecule has 4 nitrogen and oxygen atoms in total. The van der Waals surface area contributed by atoms with Crippen molar-refractivity contribution >= 4 is 28.6 Å². The Balaban J connectivity index is 1.21. The second kappa shape index (κ2) is 5.99. The number of aromatic nitrogens is 1. The maximum atomic E-state index is 12.7. The van der Waals surface area contributed by atoms with Crippen LogP contribution in [0.15, 0.2) is 36.4 Å². The Kier molecular flexibility index (Phi) is 3.75. The Hall–Kier alpha value is -1.59. The lowest BCUT2D eigenvalue weighted by Crippen LogP contribution is -2.60. The normalized spacial score (nSPS) is 24.6. The first kappa shape index (κ1) is 15.6. The van der Waals surface area contributed by atoms with E-state index in [9.17, 15) is 4.79 Å². The van der Waals surface area contributed by atoms with Crippen LogP contribution in [0.1, 0.15) is 29.8 Å². The smallest absolute Gasteiger partial charge is 0.272 e. The Morgan fingerprint density at radius 2 is 2.08 bits per heavy atom. The predicted octanol–water partition coefficient (Wildman–Crippen LogP) is 3.36. The fourth-order valence-corrected chi connectivity index (χ4v) is 5.38. The number of hydrogen-bond donors (Lipinski definition) is 0. The summed E-state index contributed by atoms with van der Waals surface area (Å²) < 4.78 is 6.27. The van der Waals surface area contributed by atoms with E-state index in [1.807, 2.05) is 53.1 Å². The first-order valence-electron chi connectivity index (χ1n) is 9.11. The summed E-state index contributed by atoms with van der Waals surface area (Å²) >= 11 is 1.99. The summed E-state index contributed by atoms with van der Waals surface area (Å²) in [5, 5.41) is 1.07. The number of para-hydroxylation sites is 1. The van der Waals surface area contributed by atoms with Crippen LogP contribution < -0.4 is 0 Å². The van der Waals surface area contributed by atoms with Crippen LogP contribution in [0.25, 0.3) is 10.9 Å². The second-order valence-electron chi connectivity index (χ2n) is 7.65. The number of carbonyl (C=O) groups excluding carboxylic acids is 1. The fourth-order valence-electron chi connectivity index (χ4n) is 3.83. The molecule has 1 atom stereocenters. The number of carbonyl (C=O) groups is 1. The average Bonchev–Trinajstić information content (AvgIpc) is 3.35. The topological polar surface area (TPSA) is 42.4 Å². The molecule has 1 aromatic carbocycles. The molecule has 5 rings (SSSR count). The molecule has 5 heteroatoms. The Labute approximate surface area is 151 Å². The molecule has 130 valence electrons. The maximum Gasteiger partial charge on any atom is 0.272 e. The quantitative estimate of drug-likeness (QED) is 0.844. The lowest BCUT2D eigenvalue weighted by molar-refractivity contribution is 0.0284. The van der Waals surface area contributed by atoms with Crippen LogP contribution in [0.3, 0.4) is 0 Å². The third-order valence-corrected chi connectivity index (χ3v) is 7.08. The zero-order valence-electron chi connectivity index (χ0n) is 14.2. The van der Waals surface area contributed by atoms with Gasteiger partial charge in [-0.05, 0) is 37.3 Å². The summed E-state index contributed by atoms with van der Waals surface area (Å²) in [5.74, 6) is 1.95. The molecule has 0 bridgehead atoms. The highest BCUT2D eigenvalue weighted by atomic mass is 32.2. The average molecular weight is 354 g/mol. The zero-order valence-corrected chi connectivity index (χ0v) is 15.0. The van der Waals surface area contributed by atoms with Crippen molar-refractivity contribution in [2.24, 2.45) is 5.92 Å². The van der Waals surface area contributed by atoms with E-state index < -0.39 is 0 Å². The van der Waals surface area contributed by atoms with Gasteiger partial charge in [0, 0.05) is 30.8 Å². The number of fused-ring (bicyclic) bond motifs is 1. The molecule has 1 amide bonds. The van der Waals surface area contributed by atoms with Crippen LogP contribution in [-0.2, 0) is 4.74 Å². The van der Waals surface area contributed by atoms with E-state index in [0.29, 0.717) is 11.8 Å². The molecule has 2 aromatic rings. The van der Waals surface area contributed by atoms with E-state index in [1.165, 1.54) is 12.8 Å². The lowest BCUT2D eigenvalue weighted by atomic mass is 9.92. The number of rotatable bonds is 4. The van der Waals surface area contributed by atoms with E-state index >= 15 is 0 Å². The van der Waals surface area contributed by atoms with Crippen molar-refractivity contribution < 1.29 is 9.53 Å². The highest BCUT2D eigenvalue weighted by molar-refractivity contribution is 8.01. The highest BCUT2D eigenvalue weighted by Gasteiger charge is 2.51. The molecular weight excluding hydrogens is 332 g/mol. The molecule has 1 aliphatic carbocycles. The third-order valence-electron chi connectivity index (χ3n) is 5.50. The van der Waals surface area contributed by atoms with Gasteiger partial charge in [0.2, 0.25) is 0 Å². The Bertz CT molecular complexity index is 814. The monoisotopic (exact) mass is 354 g/mol. The van der Waals surface area contributed by atoms with Crippen LogP contribution in [0.2, 0.25) is 0 Å². The van der Waals surface area contributed by atoms with Gasteiger partial charge in [-0.2, -0.15) is 0 Å². The number of nitrogens with zero attached hydrogens (tertiary/aromatic N) is 2. The van der Waals surface area contributed by atoms with Gasteiger partial charge in [0.05, 0.1) is 16.4 Å². The summed E-state index contributed by atoms with van der Waals surface area (Å²) in [4.78, 5) is 19.2. The molecule has 3 fully saturated rings. The SMILES string of the molecule is O=C(c1ccc2ccccc2n1)N1CC2(CC(OCC3CC3)CS2)C1. The van der Waals surface area contributed by atoms with E-state index in [1.54, 1.807) is 0 Å². The van der Waals surface area contributed by atoms with Crippen LogP contribution >= 0.6 is 11.8 Å². The second-order valence-corrected chi connectivity index (χ2v) is 9.14. The molecule has 1 aromatic heterocycles. The van der Waals surface area contributed by atoms with Crippen LogP contribution in [0.4, 0.5) is 0 Å². The summed E-state index contributed by atoms with van der Waals surface area (Å²) in [7, 11) is 0. The van der Waals surface area contributed by atoms with Gasteiger partial charge < -0.3 is 9.64 Å². The van der Waals surface area contributed by atoms with Gasteiger partial charge in [-0.25, -0.2) is 4.98 Å². The van der Waals surface area contributed by atoms with Crippen molar-refractivity contribution in [3.8, 4) is 0 Å². The van der Waals surface area contributed by atoms with Crippen molar-refractivity contribution in [2.45, 2.75) is 30.1 Å². The fraction of sp³-hybridized carbons (Fsp3) is 0.500. The van der Waals surface area contributed by atoms with Crippen molar-refractivity contribution in [2.75, 3.05) is 25.4 Å². The molecule has 1 spiro atoms. The number of hydrogen-bond acceptors (Lipinski definition) is 4. The van der Waals surface area contributed by atoms with Gasteiger partial charge >= 0.3 is 0 Å². The number of benzene rings is 1. The minimum absolute atomic E-state index is 0.0549. The molecule has 3 heterocycles. The molecule has 1 unspecified atom stereocenters. The summed E-state index contributed by atoms with van der Waals surface area (Å²) in [6.07, 6.45) is 4.14. The zero-order chi connectivity index (χ0) is 16.9. The standard InChI is InChI=1S/C20H22N2O2S/c23-19(18-8-7-15-3-1-2-4-17(15)21-18)22-12-20(13-22)9-16(11-25-20)24-10-14-5-6-14/h1-4,7-8,14,16H,5-6,9-13H2. The molecule has 3 aliphatic rings. The van der Waals surface area contributed by atoms with Crippen molar-refractivity contribution in [3.63, 3.8) is 0 Å². The number of amides is 1. The van der Waals surface area contributed by atoms with Gasteiger partial charge in [-0.15, -0.1) is 11.8 Å². The van der Waals surface area contributed by atoms with E-state index in [4.69, 9.17) is 4.74 Å². The highest BCUT2D eigenvalue weighted by Crippen LogP contribution is 2.46. The molecule has 0 radical (unpaired) electrons. The van der Waals surface area contributed by atoms with Gasteiger partial charge in [-0.1, -0.05) is 24.3 Å². The van der Waals surface area contributed by atoms with Gasteiger partial charge in [0.15, 0.2) is 0 Å². The van der Waals surface area contributed by atoms with Crippen molar-refractivity contribution in [3.05, 3.63) is 42.1 Å². The van der Waals surface area contributed by atoms with Crippen molar-refractivity contribution in [1.82, 2.24) is 9.88 Å². The first-order valence-corrected chi connectivity index (χ1v) is 10.1. The van der Waals surface area contributed by atoms with Gasteiger partial charge in [0.25, 0.3) is 5.91 Å². The van der Waals surface area contributed by atoms with Crippen LogP contribution in [0, 0.1) is 5.92 Å².